The topological polar surface area (TPSA) is 83.8 Å². The second-order valence-corrected chi connectivity index (χ2v) is 5.86. The lowest BCUT2D eigenvalue weighted by Crippen LogP contribution is -2.52. The van der Waals surface area contributed by atoms with Gasteiger partial charge in [-0.25, -0.2) is 4.79 Å². The number of esters is 1. The summed E-state index contributed by atoms with van der Waals surface area (Å²) in [5, 5.41) is 21.2. The lowest BCUT2D eigenvalue weighted by molar-refractivity contribution is -0.148. The molecule has 0 aromatic rings. The first-order valence-electron chi connectivity index (χ1n) is 6.48. The van der Waals surface area contributed by atoms with Gasteiger partial charge in [0.05, 0.1) is 5.92 Å². The second-order valence-electron chi connectivity index (χ2n) is 5.86. The molecule has 2 aliphatic carbocycles. The molecule has 4 atom stereocenters. The third kappa shape index (κ3) is 1.45. The van der Waals surface area contributed by atoms with Crippen LogP contribution in [-0.2, 0) is 14.3 Å². The Morgan fingerprint density at radius 1 is 1.35 bits per heavy atom. The standard InChI is InChI=1S/C15H16O5/c1-7-9-6-10-14(3,18)4-5-15(10,19)11(8(2)16)12(9)20-13(7)17/h4-6,11-12,18-19H,1-3H3/t11-,12+,14-,15+/m1/s1. The van der Waals surface area contributed by atoms with Crippen LogP contribution in [-0.4, -0.2) is 39.3 Å². The molecule has 0 spiro atoms. The molecule has 106 valence electrons. The summed E-state index contributed by atoms with van der Waals surface area (Å²) in [6.07, 6.45) is 3.69. The molecule has 0 saturated carbocycles. The molecule has 5 heteroatoms. The number of fused-ring (bicyclic) bond motifs is 2. The summed E-state index contributed by atoms with van der Waals surface area (Å²) < 4.78 is 5.24. The number of carbonyl (C=O) groups is 2. The van der Waals surface area contributed by atoms with E-state index >= 15 is 0 Å². The van der Waals surface area contributed by atoms with Crippen LogP contribution in [0.1, 0.15) is 20.8 Å². The first-order chi connectivity index (χ1) is 9.18. The van der Waals surface area contributed by atoms with E-state index in [2.05, 4.69) is 0 Å². The molecule has 0 bridgehead atoms. The first kappa shape index (κ1) is 13.3. The molecular weight excluding hydrogens is 260 g/mol. The normalized spacial score (nSPS) is 42.2. The molecule has 1 aliphatic heterocycles. The molecule has 0 aromatic carbocycles. The summed E-state index contributed by atoms with van der Waals surface area (Å²) in [5.74, 6) is -1.70. The predicted molar refractivity (Wildman–Crippen MR) is 69.5 cm³/mol. The van der Waals surface area contributed by atoms with E-state index in [1.165, 1.54) is 19.1 Å². The maximum atomic E-state index is 12.0. The van der Waals surface area contributed by atoms with Crippen LogP contribution in [0.2, 0.25) is 0 Å². The van der Waals surface area contributed by atoms with Crippen molar-refractivity contribution in [3.63, 3.8) is 0 Å². The number of hydrogen-bond donors (Lipinski definition) is 2. The predicted octanol–water partition coefficient (Wildman–Crippen LogP) is 0.425. The van der Waals surface area contributed by atoms with Gasteiger partial charge in [-0.3, -0.25) is 4.79 Å². The van der Waals surface area contributed by atoms with Gasteiger partial charge in [0.2, 0.25) is 0 Å². The number of carbonyl (C=O) groups excluding carboxylic acids is 2. The summed E-state index contributed by atoms with van der Waals surface area (Å²) in [5.41, 5.74) is -1.65. The monoisotopic (exact) mass is 276 g/mol. The van der Waals surface area contributed by atoms with E-state index in [0.717, 1.165) is 0 Å². The van der Waals surface area contributed by atoms with Crippen molar-refractivity contribution in [3.8, 4) is 0 Å². The number of rotatable bonds is 1. The minimum atomic E-state index is -1.60. The molecule has 0 unspecified atom stereocenters. The maximum absolute atomic E-state index is 12.0. The van der Waals surface area contributed by atoms with Crippen molar-refractivity contribution in [1.29, 1.82) is 0 Å². The lowest BCUT2D eigenvalue weighted by atomic mass is 9.68. The van der Waals surface area contributed by atoms with E-state index in [-0.39, 0.29) is 5.78 Å². The summed E-state index contributed by atoms with van der Waals surface area (Å²) in [6.45, 7) is 4.51. The van der Waals surface area contributed by atoms with Gasteiger partial charge in [-0.05, 0) is 39.0 Å². The van der Waals surface area contributed by atoms with Gasteiger partial charge in [0.1, 0.15) is 23.1 Å². The SMILES string of the molecule is CC(=O)[C@@H]1[C@H]2OC(=O)C(C)=C2C=C2[C@](C)(O)C=C[C@]21O. The second kappa shape index (κ2) is 3.68. The molecule has 0 radical (unpaired) electrons. The number of ketones is 1. The Bertz CT molecular complexity index is 622. The Hall–Kier alpha value is -1.72. The zero-order chi connectivity index (χ0) is 14.9. The fraction of sp³-hybridized carbons (Fsp3) is 0.467. The van der Waals surface area contributed by atoms with Crippen LogP contribution in [0.4, 0.5) is 0 Å². The van der Waals surface area contributed by atoms with Gasteiger partial charge in [0.25, 0.3) is 0 Å². The van der Waals surface area contributed by atoms with Crippen molar-refractivity contribution in [2.75, 3.05) is 0 Å². The van der Waals surface area contributed by atoms with Gasteiger partial charge in [0.15, 0.2) is 0 Å². The minimum Gasteiger partial charge on any atom is -0.453 e. The molecule has 0 fully saturated rings. The van der Waals surface area contributed by atoms with Crippen LogP contribution in [0.3, 0.4) is 0 Å². The molecule has 3 rings (SSSR count). The van der Waals surface area contributed by atoms with Gasteiger partial charge in [-0.2, -0.15) is 0 Å². The Morgan fingerprint density at radius 2 is 2.00 bits per heavy atom. The third-order valence-electron chi connectivity index (χ3n) is 4.43. The fourth-order valence-corrected chi connectivity index (χ4v) is 3.35. The van der Waals surface area contributed by atoms with Crippen LogP contribution in [0, 0.1) is 5.92 Å². The van der Waals surface area contributed by atoms with Crippen molar-refractivity contribution >= 4 is 11.8 Å². The van der Waals surface area contributed by atoms with Crippen LogP contribution < -0.4 is 0 Å². The summed E-state index contributed by atoms with van der Waals surface area (Å²) in [7, 11) is 0. The highest BCUT2D eigenvalue weighted by molar-refractivity contribution is 5.95. The zero-order valence-electron chi connectivity index (χ0n) is 11.5. The maximum Gasteiger partial charge on any atom is 0.334 e. The first-order valence-corrected chi connectivity index (χ1v) is 6.48. The Labute approximate surface area is 116 Å². The van der Waals surface area contributed by atoms with Crippen molar-refractivity contribution in [1.82, 2.24) is 0 Å². The van der Waals surface area contributed by atoms with Crippen LogP contribution in [0.5, 0.6) is 0 Å². The molecule has 1 heterocycles. The number of hydrogen-bond acceptors (Lipinski definition) is 5. The van der Waals surface area contributed by atoms with Crippen molar-refractivity contribution in [2.24, 2.45) is 5.92 Å². The Kier molecular flexibility index (Phi) is 2.44. The highest BCUT2D eigenvalue weighted by Gasteiger charge is 2.59. The largest absolute Gasteiger partial charge is 0.453 e. The van der Waals surface area contributed by atoms with Gasteiger partial charge < -0.3 is 14.9 Å². The van der Waals surface area contributed by atoms with E-state index in [4.69, 9.17) is 4.74 Å². The van der Waals surface area contributed by atoms with Gasteiger partial charge in [0, 0.05) is 16.7 Å². The molecule has 0 amide bonds. The van der Waals surface area contributed by atoms with E-state index in [1.807, 2.05) is 0 Å². The van der Waals surface area contributed by atoms with Gasteiger partial charge in [-0.1, -0.05) is 0 Å². The van der Waals surface area contributed by atoms with Crippen LogP contribution in [0.25, 0.3) is 0 Å². The minimum absolute atomic E-state index is 0.287. The van der Waals surface area contributed by atoms with E-state index < -0.39 is 29.2 Å². The zero-order valence-corrected chi connectivity index (χ0v) is 11.5. The lowest BCUT2D eigenvalue weighted by Gasteiger charge is -2.41. The summed E-state index contributed by atoms with van der Waals surface area (Å²) in [4.78, 5) is 23.7. The fourth-order valence-electron chi connectivity index (χ4n) is 3.35. The molecule has 0 aromatic heterocycles. The third-order valence-corrected chi connectivity index (χ3v) is 4.43. The molecule has 5 nitrogen and oxygen atoms in total. The highest BCUT2D eigenvalue weighted by Crippen LogP contribution is 2.50. The van der Waals surface area contributed by atoms with Gasteiger partial charge in [-0.15, -0.1) is 0 Å². The van der Waals surface area contributed by atoms with Crippen LogP contribution in [0.15, 0.2) is 34.9 Å². The molecule has 3 aliphatic rings. The molecular formula is C15H16O5. The number of Topliss-reactive ketones (excluding diaryl/α,β-unsaturated/α-hetero) is 1. The molecule has 0 saturated heterocycles. The van der Waals surface area contributed by atoms with Crippen LogP contribution >= 0.6 is 0 Å². The smallest absolute Gasteiger partial charge is 0.334 e. The van der Waals surface area contributed by atoms with Gasteiger partial charge >= 0.3 is 5.97 Å². The Morgan fingerprint density at radius 3 is 2.60 bits per heavy atom. The van der Waals surface area contributed by atoms with E-state index in [9.17, 15) is 19.8 Å². The van der Waals surface area contributed by atoms with E-state index in [1.54, 1.807) is 19.9 Å². The van der Waals surface area contributed by atoms with Crippen molar-refractivity contribution in [3.05, 3.63) is 34.9 Å². The number of aliphatic hydroxyl groups is 2. The summed E-state index contributed by atoms with van der Waals surface area (Å²) in [6, 6.07) is 0. The average molecular weight is 276 g/mol. The number of ether oxygens (including phenoxy) is 1. The van der Waals surface area contributed by atoms with E-state index in [0.29, 0.717) is 16.7 Å². The molecule has 20 heavy (non-hydrogen) atoms. The summed E-state index contributed by atoms with van der Waals surface area (Å²) >= 11 is 0. The van der Waals surface area contributed by atoms with Crippen molar-refractivity contribution in [2.45, 2.75) is 38.1 Å². The highest BCUT2D eigenvalue weighted by atomic mass is 16.6. The Balaban J connectivity index is 2.26. The molecule has 2 N–H and O–H groups in total. The quantitative estimate of drug-likeness (QED) is 0.536. The van der Waals surface area contributed by atoms with Crippen molar-refractivity contribution < 1.29 is 24.5 Å². The average Bonchev–Trinajstić information content (AvgIpc) is 2.73.